The molecule has 0 bridgehead atoms. The van der Waals surface area contributed by atoms with Gasteiger partial charge in [0.25, 0.3) is 0 Å². The standard InChI is InChI=1S/C22H42O16P2/c1-18(2)22(24)38-21(17-36-11-13-40(28,29)30)16-34-9-7-32-5-4-31-6-8-33-14-20(37-19(3)23)15-35-10-12-39(25,26)27/h20-21H,1,4-17H2,2-3H3,(H2,25,26,27)(H2,28,29,30). The van der Waals surface area contributed by atoms with E-state index in [1.807, 2.05) is 0 Å². The van der Waals surface area contributed by atoms with Gasteiger partial charge in [0, 0.05) is 12.5 Å². The summed E-state index contributed by atoms with van der Waals surface area (Å²) in [7, 11) is -8.35. The van der Waals surface area contributed by atoms with E-state index in [0.717, 1.165) is 0 Å². The molecule has 2 atom stereocenters. The van der Waals surface area contributed by atoms with Crippen LogP contribution in [0.1, 0.15) is 13.8 Å². The number of carbonyl (C=O) groups excluding carboxylic acids is 2. The van der Waals surface area contributed by atoms with Gasteiger partial charge >= 0.3 is 27.1 Å². The molecule has 0 aliphatic carbocycles. The Balaban J connectivity index is 3.95. The summed E-state index contributed by atoms with van der Waals surface area (Å²) in [6.07, 6.45) is -2.42. The maximum absolute atomic E-state index is 11.8. The lowest BCUT2D eigenvalue weighted by molar-refractivity contribution is -0.154. The van der Waals surface area contributed by atoms with Crippen molar-refractivity contribution < 1.29 is 76.2 Å². The molecule has 0 aliphatic heterocycles. The van der Waals surface area contributed by atoms with Gasteiger partial charge in [-0.25, -0.2) is 4.79 Å². The molecule has 40 heavy (non-hydrogen) atoms. The van der Waals surface area contributed by atoms with Gasteiger partial charge in [0.15, 0.2) is 0 Å². The number of ether oxygens (including phenoxy) is 8. The molecule has 0 aromatic carbocycles. The van der Waals surface area contributed by atoms with Crippen LogP contribution < -0.4 is 0 Å². The highest BCUT2D eigenvalue weighted by Gasteiger charge is 2.18. The third kappa shape index (κ3) is 26.9. The van der Waals surface area contributed by atoms with Crippen LogP contribution in [0.25, 0.3) is 0 Å². The lowest BCUT2D eigenvalue weighted by Gasteiger charge is -2.18. The number of carbonyl (C=O) groups is 2. The van der Waals surface area contributed by atoms with E-state index in [1.54, 1.807) is 0 Å². The fourth-order valence-electron chi connectivity index (χ4n) is 2.50. The van der Waals surface area contributed by atoms with Gasteiger partial charge < -0.3 is 57.5 Å². The first kappa shape index (κ1) is 38.7. The van der Waals surface area contributed by atoms with E-state index in [2.05, 4.69) is 6.58 Å². The predicted octanol–water partition coefficient (Wildman–Crippen LogP) is -0.139. The van der Waals surface area contributed by atoms with Gasteiger partial charge in [0.05, 0.1) is 91.6 Å². The van der Waals surface area contributed by atoms with Crippen LogP contribution in [0.2, 0.25) is 0 Å². The lowest BCUT2D eigenvalue weighted by atomic mass is 10.3. The molecule has 0 spiro atoms. The van der Waals surface area contributed by atoms with Crippen molar-refractivity contribution in [3.63, 3.8) is 0 Å². The molecule has 0 saturated heterocycles. The number of hydrogen-bond acceptors (Lipinski definition) is 12. The van der Waals surface area contributed by atoms with Crippen molar-refractivity contribution in [3.05, 3.63) is 12.2 Å². The average Bonchev–Trinajstić information content (AvgIpc) is 2.82. The largest absolute Gasteiger partial charge is 0.458 e. The molecule has 0 rings (SSSR count). The van der Waals surface area contributed by atoms with Crippen LogP contribution in [-0.4, -0.2) is 135 Å². The highest BCUT2D eigenvalue weighted by molar-refractivity contribution is 7.52. The summed E-state index contributed by atoms with van der Waals surface area (Å²) in [5, 5.41) is 0. The molecule has 0 radical (unpaired) electrons. The molecule has 2 unspecified atom stereocenters. The molecule has 0 heterocycles. The number of rotatable bonds is 26. The fourth-order valence-corrected chi connectivity index (χ4v) is 3.24. The second-order valence-electron chi connectivity index (χ2n) is 8.34. The smallest absolute Gasteiger partial charge is 0.333 e. The molecular weight excluding hydrogens is 582 g/mol. The summed E-state index contributed by atoms with van der Waals surface area (Å²) < 4.78 is 63.8. The number of esters is 2. The van der Waals surface area contributed by atoms with Crippen LogP contribution in [-0.2, 0) is 56.6 Å². The van der Waals surface area contributed by atoms with Gasteiger partial charge in [-0.05, 0) is 6.92 Å². The van der Waals surface area contributed by atoms with E-state index >= 15 is 0 Å². The molecule has 0 aromatic rings. The predicted molar refractivity (Wildman–Crippen MR) is 139 cm³/mol. The first-order valence-corrected chi connectivity index (χ1v) is 15.9. The van der Waals surface area contributed by atoms with Crippen molar-refractivity contribution in [2.24, 2.45) is 0 Å². The molecule has 236 valence electrons. The zero-order chi connectivity index (χ0) is 30.4. The lowest BCUT2D eigenvalue weighted by Crippen LogP contribution is -2.30. The van der Waals surface area contributed by atoms with Crippen molar-refractivity contribution in [2.45, 2.75) is 26.1 Å². The summed E-state index contributed by atoms with van der Waals surface area (Å²) >= 11 is 0. The van der Waals surface area contributed by atoms with Crippen LogP contribution in [0.15, 0.2) is 12.2 Å². The second-order valence-corrected chi connectivity index (χ2v) is 11.9. The summed E-state index contributed by atoms with van der Waals surface area (Å²) in [4.78, 5) is 58.3. The SMILES string of the molecule is C=C(C)C(=O)OC(COCCOCCOCCOCC(COCCP(=O)(O)O)OC(C)=O)COCCP(=O)(O)O. The Morgan fingerprint density at radius 1 is 0.600 bits per heavy atom. The Hall–Kier alpha value is -1.26. The molecule has 16 nitrogen and oxygen atoms in total. The van der Waals surface area contributed by atoms with E-state index in [-0.39, 0.29) is 84.9 Å². The first-order valence-electron chi connectivity index (χ1n) is 12.3. The van der Waals surface area contributed by atoms with E-state index in [1.165, 1.54) is 13.8 Å². The Bertz CT molecular complexity index is 811. The van der Waals surface area contributed by atoms with Gasteiger partial charge in [0.2, 0.25) is 0 Å². The summed E-state index contributed by atoms with van der Waals surface area (Å²) in [6.45, 7) is 7.01. The zero-order valence-corrected chi connectivity index (χ0v) is 24.6. The first-order chi connectivity index (χ1) is 18.7. The maximum Gasteiger partial charge on any atom is 0.333 e. The van der Waals surface area contributed by atoms with Gasteiger partial charge in [-0.15, -0.1) is 0 Å². The Morgan fingerprint density at radius 3 is 1.25 bits per heavy atom. The van der Waals surface area contributed by atoms with Gasteiger partial charge in [-0.1, -0.05) is 6.58 Å². The van der Waals surface area contributed by atoms with E-state index in [9.17, 15) is 18.7 Å². The zero-order valence-electron chi connectivity index (χ0n) is 22.8. The topological polar surface area (TPSA) is 223 Å². The van der Waals surface area contributed by atoms with Crippen LogP contribution in [0.5, 0.6) is 0 Å². The molecular formula is C22H42O16P2. The minimum atomic E-state index is -4.19. The minimum Gasteiger partial charge on any atom is -0.458 e. The van der Waals surface area contributed by atoms with Gasteiger partial charge in [0.1, 0.15) is 12.2 Å². The van der Waals surface area contributed by atoms with Gasteiger partial charge in [-0.2, -0.15) is 0 Å². The summed E-state index contributed by atoms with van der Waals surface area (Å²) in [5.74, 6) is -1.18. The Labute approximate surface area is 233 Å². The van der Waals surface area contributed by atoms with Crippen LogP contribution >= 0.6 is 15.2 Å². The van der Waals surface area contributed by atoms with Gasteiger partial charge in [-0.3, -0.25) is 13.9 Å². The molecule has 0 aliphatic rings. The molecule has 0 amide bonds. The molecule has 18 heteroatoms. The third-order valence-electron chi connectivity index (χ3n) is 4.34. The van der Waals surface area contributed by atoms with Crippen LogP contribution in [0, 0.1) is 0 Å². The molecule has 0 aromatic heterocycles. The van der Waals surface area contributed by atoms with E-state index in [0.29, 0.717) is 0 Å². The highest BCUT2D eigenvalue weighted by atomic mass is 31.2. The molecule has 0 fully saturated rings. The Morgan fingerprint density at radius 2 is 0.925 bits per heavy atom. The monoisotopic (exact) mass is 624 g/mol. The van der Waals surface area contributed by atoms with E-state index < -0.39 is 51.7 Å². The highest BCUT2D eigenvalue weighted by Crippen LogP contribution is 2.33. The normalized spacial score (nSPS) is 13.6. The maximum atomic E-state index is 11.8. The second kappa shape index (κ2) is 22.4. The number of hydrogen-bond donors (Lipinski definition) is 4. The van der Waals surface area contributed by atoms with Crippen LogP contribution in [0.4, 0.5) is 0 Å². The molecule has 0 saturated carbocycles. The fraction of sp³-hybridized carbons (Fsp3) is 0.818. The van der Waals surface area contributed by atoms with E-state index in [4.69, 9.17) is 57.5 Å². The summed E-state index contributed by atoms with van der Waals surface area (Å²) in [6, 6.07) is 0. The third-order valence-corrected chi connectivity index (χ3v) is 5.87. The molecule has 4 N–H and O–H groups in total. The summed E-state index contributed by atoms with van der Waals surface area (Å²) in [5.41, 5.74) is 0.184. The van der Waals surface area contributed by atoms with Crippen molar-refractivity contribution in [1.82, 2.24) is 0 Å². The van der Waals surface area contributed by atoms with Crippen LogP contribution in [0.3, 0.4) is 0 Å². The average molecular weight is 625 g/mol. The van der Waals surface area contributed by atoms with Crippen molar-refractivity contribution >= 4 is 27.1 Å². The quantitative estimate of drug-likeness (QED) is 0.0425. The van der Waals surface area contributed by atoms with Crippen molar-refractivity contribution in [1.29, 1.82) is 0 Å². The van der Waals surface area contributed by atoms with Crippen molar-refractivity contribution in [3.8, 4) is 0 Å². The van der Waals surface area contributed by atoms with Crippen molar-refractivity contribution in [2.75, 3.05) is 91.6 Å². The minimum absolute atomic E-state index is 0.0179. The Kier molecular flexibility index (Phi) is 21.6.